The molecule has 0 atom stereocenters. The molecule has 1 aliphatic rings. The van der Waals surface area contributed by atoms with Gasteiger partial charge in [-0.05, 0) is 55.3 Å². The Balaban J connectivity index is 1.47. The van der Waals surface area contributed by atoms with Crippen LogP contribution in [0.3, 0.4) is 0 Å². The van der Waals surface area contributed by atoms with Crippen LogP contribution >= 0.6 is 46.6 Å². The highest BCUT2D eigenvalue weighted by Crippen LogP contribution is 2.34. The molecule has 0 unspecified atom stereocenters. The van der Waals surface area contributed by atoms with E-state index in [1.54, 1.807) is 24.3 Å². The molecule has 1 aliphatic heterocycles. The van der Waals surface area contributed by atoms with Crippen molar-refractivity contribution in [1.29, 1.82) is 0 Å². The molecule has 1 aromatic heterocycles. The summed E-state index contributed by atoms with van der Waals surface area (Å²) in [5.74, 6) is -0.228. The molecule has 1 N–H and O–H groups in total. The SMILES string of the molecule is O=S(=O)(Nc1ncc(Sc2ccc(S(=O)(=O)N3CCCCC3)cc2)c(Cl)n1)c1ccc(Cl)cc1Cl. The number of rotatable bonds is 7. The van der Waals surface area contributed by atoms with Gasteiger partial charge in [-0.1, -0.05) is 53.0 Å². The van der Waals surface area contributed by atoms with Crippen LogP contribution in [0.15, 0.2) is 68.2 Å². The minimum absolute atomic E-state index is 0.0231. The van der Waals surface area contributed by atoms with E-state index in [4.69, 9.17) is 34.8 Å². The third kappa shape index (κ3) is 6.22. The Morgan fingerprint density at radius 1 is 0.914 bits per heavy atom. The number of hydrogen-bond acceptors (Lipinski definition) is 7. The third-order valence-electron chi connectivity index (χ3n) is 5.12. The van der Waals surface area contributed by atoms with Gasteiger partial charge >= 0.3 is 0 Å². The van der Waals surface area contributed by atoms with Crippen LogP contribution in [0.25, 0.3) is 0 Å². The molecule has 2 heterocycles. The molecule has 0 saturated carbocycles. The van der Waals surface area contributed by atoms with E-state index in [1.165, 1.54) is 40.5 Å². The maximum absolute atomic E-state index is 12.8. The number of nitrogens with zero attached hydrogens (tertiary/aromatic N) is 3. The van der Waals surface area contributed by atoms with Crippen LogP contribution in [0.4, 0.5) is 5.95 Å². The minimum atomic E-state index is -4.07. The fraction of sp³-hybridized carbons (Fsp3) is 0.238. The highest BCUT2D eigenvalue weighted by atomic mass is 35.5. The molecule has 35 heavy (non-hydrogen) atoms. The van der Waals surface area contributed by atoms with Crippen LogP contribution < -0.4 is 4.72 Å². The smallest absolute Gasteiger partial charge is 0.247 e. The van der Waals surface area contributed by atoms with Crippen molar-refractivity contribution < 1.29 is 16.8 Å². The van der Waals surface area contributed by atoms with Crippen LogP contribution in [-0.4, -0.2) is 44.2 Å². The molecule has 0 spiro atoms. The lowest BCUT2D eigenvalue weighted by molar-refractivity contribution is 0.346. The van der Waals surface area contributed by atoms with E-state index in [9.17, 15) is 16.8 Å². The van der Waals surface area contributed by atoms with Crippen LogP contribution in [0, 0.1) is 0 Å². The number of sulfonamides is 2. The summed E-state index contributed by atoms with van der Waals surface area (Å²) in [6, 6.07) is 10.5. The molecule has 0 radical (unpaired) electrons. The van der Waals surface area contributed by atoms with Crippen molar-refractivity contribution >= 4 is 72.6 Å². The Kier molecular flexibility index (Phi) is 8.16. The summed E-state index contributed by atoms with van der Waals surface area (Å²) in [6.45, 7) is 1.07. The van der Waals surface area contributed by atoms with Gasteiger partial charge < -0.3 is 0 Å². The van der Waals surface area contributed by atoms with Crippen molar-refractivity contribution in [1.82, 2.24) is 14.3 Å². The van der Waals surface area contributed by atoms with E-state index in [2.05, 4.69) is 14.7 Å². The van der Waals surface area contributed by atoms with Crippen LogP contribution in [0.5, 0.6) is 0 Å². The van der Waals surface area contributed by atoms with Crippen molar-refractivity contribution in [2.24, 2.45) is 0 Å². The Labute approximate surface area is 223 Å². The van der Waals surface area contributed by atoms with Crippen molar-refractivity contribution in [2.45, 2.75) is 38.8 Å². The molecule has 1 saturated heterocycles. The normalized spacial score (nSPS) is 15.2. The fourth-order valence-corrected chi connectivity index (χ4v) is 7.64. The first-order chi connectivity index (χ1) is 16.6. The van der Waals surface area contributed by atoms with Crippen LogP contribution in [-0.2, 0) is 20.0 Å². The summed E-state index contributed by atoms with van der Waals surface area (Å²) in [4.78, 5) is 9.28. The van der Waals surface area contributed by atoms with Gasteiger partial charge in [0.15, 0.2) is 0 Å². The molecule has 1 fully saturated rings. The first kappa shape index (κ1) is 26.5. The molecule has 3 aromatic rings. The number of hydrogen-bond donors (Lipinski definition) is 1. The lowest BCUT2D eigenvalue weighted by atomic mass is 10.2. The molecule has 8 nitrogen and oxygen atoms in total. The second-order valence-corrected chi connectivity index (χ2v) is 13.5. The monoisotopic (exact) mass is 592 g/mol. The summed E-state index contributed by atoms with van der Waals surface area (Å²) in [7, 11) is -7.59. The molecular formula is C21H19Cl3N4O4S3. The van der Waals surface area contributed by atoms with Gasteiger partial charge in [0.1, 0.15) is 10.0 Å². The number of piperidine rings is 1. The van der Waals surface area contributed by atoms with Gasteiger partial charge in [0.25, 0.3) is 10.0 Å². The minimum Gasteiger partial charge on any atom is -0.247 e. The van der Waals surface area contributed by atoms with E-state index < -0.39 is 20.0 Å². The molecule has 0 bridgehead atoms. The summed E-state index contributed by atoms with van der Waals surface area (Å²) in [6.07, 6.45) is 4.15. The standard InChI is InChI=1S/C21H19Cl3N4O4S3/c22-14-4-9-19(17(23)12-14)34(29,30)27-21-25-13-18(20(24)26-21)33-15-5-7-16(8-6-15)35(31,32)28-10-2-1-3-11-28/h4-9,12-13H,1-3,10-11H2,(H,25,26,27). The van der Waals surface area contributed by atoms with Gasteiger partial charge in [-0.2, -0.15) is 9.29 Å². The highest BCUT2D eigenvalue weighted by Gasteiger charge is 2.26. The summed E-state index contributed by atoms with van der Waals surface area (Å²) in [5.41, 5.74) is 0. The lowest BCUT2D eigenvalue weighted by Crippen LogP contribution is -2.35. The van der Waals surface area contributed by atoms with Crippen LogP contribution in [0.1, 0.15) is 19.3 Å². The zero-order chi connectivity index (χ0) is 25.2. The summed E-state index contributed by atoms with van der Waals surface area (Å²) < 4.78 is 54.6. The van der Waals surface area contributed by atoms with Crippen molar-refractivity contribution in [3.63, 3.8) is 0 Å². The first-order valence-corrected chi connectivity index (χ1v) is 15.2. The number of benzene rings is 2. The van der Waals surface area contributed by atoms with Gasteiger partial charge in [0.05, 0.1) is 14.8 Å². The van der Waals surface area contributed by atoms with E-state index >= 15 is 0 Å². The number of nitrogens with one attached hydrogen (secondary N) is 1. The average molecular weight is 594 g/mol. The van der Waals surface area contributed by atoms with Crippen molar-refractivity contribution in [2.75, 3.05) is 17.8 Å². The van der Waals surface area contributed by atoms with Crippen molar-refractivity contribution in [3.05, 3.63) is 63.9 Å². The van der Waals surface area contributed by atoms with E-state index in [1.807, 2.05) is 0 Å². The topological polar surface area (TPSA) is 109 Å². The maximum Gasteiger partial charge on any atom is 0.265 e. The largest absolute Gasteiger partial charge is 0.265 e. The Hall–Kier alpha value is -1.60. The number of aromatic nitrogens is 2. The molecule has 14 heteroatoms. The van der Waals surface area contributed by atoms with Gasteiger partial charge in [-0.3, -0.25) is 0 Å². The molecule has 4 rings (SSSR count). The number of halogens is 3. The lowest BCUT2D eigenvalue weighted by Gasteiger charge is -2.25. The van der Waals surface area contributed by atoms with E-state index in [0.717, 1.165) is 24.2 Å². The Bertz CT molecular complexity index is 1450. The zero-order valence-corrected chi connectivity index (χ0v) is 22.7. The maximum atomic E-state index is 12.8. The molecule has 0 amide bonds. The van der Waals surface area contributed by atoms with Gasteiger partial charge in [0.2, 0.25) is 16.0 Å². The van der Waals surface area contributed by atoms with Crippen molar-refractivity contribution in [3.8, 4) is 0 Å². The molecular weight excluding hydrogens is 575 g/mol. The fourth-order valence-electron chi connectivity index (χ4n) is 3.40. The molecule has 2 aromatic carbocycles. The summed E-state index contributed by atoms with van der Waals surface area (Å²) in [5, 5.41) is 0.274. The zero-order valence-electron chi connectivity index (χ0n) is 18.0. The first-order valence-electron chi connectivity index (χ1n) is 10.3. The number of anilines is 1. The van der Waals surface area contributed by atoms with Gasteiger partial charge in [-0.15, -0.1) is 0 Å². The predicted octanol–water partition coefficient (Wildman–Crippen LogP) is 5.56. The van der Waals surface area contributed by atoms with E-state index in [-0.39, 0.29) is 25.9 Å². The predicted molar refractivity (Wildman–Crippen MR) is 137 cm³/mol. The Morgan fingerprint density at radius 3 is 2.23 bits per heavy atom. The quantitative estimate of drug-likeness (QED) is 0.357. The van der Waals surface area contributed by atoms with Gasteiger partial charge in [0, 0.05) is 29.2 Å². The average Bonchev–Trinajstić information content (AvgIpc) is 2.81. The van der Waals surface area contributed by atoms with Gasteiger partial charge in [-0.25, -0.2) is 26.5 Å². The second-order valence-electron chi connectivity index (χ2n) is 7.57. The second kappa shape index (κ2) is 10.8. The van der Waals surface area contributed by atoms with E-state index in [0.29, 0.717) is 23.0 Å². The van der Waals surface area contributed by atoms with Crippen LogP contribution in [0.2, 0.25) is 15.2 Å². The molecule has 0 aliphatic carbocycles. The summed E-state index contributed by atoms with van der Waals surface area (Å²) >= 11 is 19.3. The third-order valence-corrected chi connectivity index (χ3v) is 10.5. The Morgan fingerprint density at radius 2 is 1.60 bits per heavy atom. The highest BCUT2D eigenvalue weighted by molar-refractivity contribution is 7.99. The molecule has 186 valence electrons.